The average molecular weight is 304 g/mol. The highest BCUT2D eigenvalue weighted by Crippen LogP contribution is 2.42. The van der Waals surface area contributed by atoms with Gasteiger partial charge in [0.15, 0.2) is 0 Å². The van der Waals surface area contributed by atoms with E-state index in [9.17, 15) is 9.46 Å². The van der Waals surface area contributed by atoms with Crippen molar-refractivity contribution in [2.75, 3.05) is 6.16 Å². The van der Waals surface area contributed by atoms with Crippen molar-refractivity contribution >= 4 is 7.60 Å². The van der Waals surface area contributed by atoms with Crippen molar-refractivity contribution < 1.29 is 14.0 Å². The molecule has 0 aliphatic carbocycles. The zero-order valence-corrected chi connectivity index (χ0v) is 13.5. The van der Waals surface area contributed by atoms with Crippen molar-refractivity contribution in [1.82, 2.24) is 0 Å². The summed E-state index contributed by atoms with van der Waals surface area (Å²) in [7, 11) is -3.51. The molecule has 4 heteroatoms. The average Bonchev–Trinajstić information content (AvgIpc) is 2.48. The number of hydrogen-bond acceptors (Lipinski definition) is 2. The number of hydrogen-bond donors (Lipinski definition) is 1. The highest BCUT2D eigenvalue weighted by molar-refractivity contribution is 7.53. The first-order valence-electron chi connectivity index (χ1n) is 7.02. The fourth-order valence-corrected chi connectivity index (χ4v) is 2.76. The molecule has 112 valence electrons. The van der Waals surface area contributed by atoms with Crippen molar-refractivity contribution in [3.63, 3.8) is 0 Å². The second-order valence-electron chi connectivity index (χ2n) is 5.56. The van der Waals surface area contributed by atoms with Crippen molar-refractivity contribution in [2.45, 2.75) is 26.2 Å². The van der Waals surface area contributed by atoms with Crippen LogP contribution in [0.2, 0.25) is 0 Å². The lowest BCUT2D eigenvalue weighted by molar-refractivity contribution is 0.381. The van der Waals surface area contributed by atoms with Crippen molar-refractivity contribution in [3.8, 4) is 5.75 Å². The molecule has 0 saturated heterocycles. The molecule has 21 heavy (non-hydrogen) atoms. The Labute approximate surface area is 126 Å². The minimum absolute atomic E-state index is 0.101. The lowest BCUT2D eigenvalue weighted by atomic mass is 9.78. The van der Waals surface area contributed by atoms with E-state index >= 15 is 0 Å². The molecule has 0 bridgehead atoms. The first-order valence-corrected chi connectivity index (χ1v) is 8.79. The molecule has 0 radical (unpaired) electrons. The van der Waals surface area contributed by atoms with Crippen molar-refractivity contribution in [2.24, 2.45) is 0 Å². The van der Waals surface area contributed by atoms with Gasteiger partial charge in [-0.3, -0.25) is 0 Å². The molecule has 0 aliphatic rings. The van der Waals surface area contributed by atoms with E-state index in [1.54, 1.807) is 19.1 Å². The molecule has 2 aromatic rings. The van der Waals surface area contributed by atoms with E-state index < -0.39 is 7.60 Å². The predicted octanol–water partition coefficient (Wildman–Crippen LogP) is 4.60. The molecule has 0 spiro atoms. The van der Waals surface area contributed by atoms with Gasteiger partial charge in [0.25, 0.3) is 0 Å². The first-order chi connectivity index (χ1) is 9.85. The lowest BCUT2D eigenvalue weighted by Gasteiger charge is -2.26. The standard InChI is InChI=1S/C17H21O3P/c1-4-21(18,19)20-16-12-10-15(11-13-16)17(2,3)14-8-6-5-7-9-14/h5-13H,4H2,1-3H3,(H,18,19). The molecule has 0 fully saturated rings. The Kier molecular flexibility index (Phi) is 4.55. The first kappa shape index (κ1) is 15.8. The van der Waals surface area contributed by atoms with Crippen molar-refractivity contribution in [1.29, 1.82) is 0 Å². The Hall–Kier alpha value is -1.57. The van der Waals surface area contributed by atoms with Gasteiger partial charge in [0.05, 0.1) is 6.16 Å². The van der Waals surface area contributed by atoms with E-state index in [0.29, 0.717) is 5.75 Å². The smallest absolute Gasteiger partial charge is 0.376 e. The third-order valence-corrected chi connectivity index (χ3v) is 5.01. The van der Waals surface area contributed by atoms with E-state index in [0.717, 1.165) is 5.56 Å². The molecule has 3 nitrogen and oxygen atoms in total. The van der Waals surface area contributed by atoms with Gasteiger partial charge in [0, 0.05) is 5.41 Å². The summed E-state index contributed by atoms with van der Waals surface area (Å²) in [5.41, 5.74) is 2.22. The van der Waals surface area contributed by atoms with Crippen LogP contribution in [-0.4, -0.2) is 11.1 Å². The van der Waals surface area contributed by atoms with E-state index in [2.05, 4.69) is 26.0 Å². The van der Waals surface area contributed by atoms with Crippen LogP contribution < -0.4 is 4.52 Å². The topological polar surface area (TPSA) is 46.5 Å². The van der Waals surface area contributed by atoms with E-state index in [1.165, 1.54) is 5.56 Å². The summed E-state index contributed by atoms with van der Waals surface area (Å²) in [6, 6.07) is 17.6. The largest absolute Gasteiger partial charge is 0.424 e. The molecule has 0 aliphatic heterocycles. The van der Waals surface area contributed by atoms with Crippen LogP contribution in [0.4, 0.5) is 0 Å². The number of rotatable bonds is 5. The fourth-order valence-electron chi connectivity index (χ4n) is 2.18. The molecular formula is C17H21O3P. The zero-order valence-electron chi connectivity index (χ0n) is 12.6. The van der Waals surface area contributed by atoms with Crippen LogP contribution in [0.3, 0.4) is 0 Å². The van der Waals surface area contributed by atoms with Crippen LogP contribution in [0.15, 0.2) is 54.6 Å². The minimum Gasteiger partial charge on any atom is -0.424 e. The maximum Gasteiger partial charge on any atom is 0.376 e. The van der Waals surface area contributed by atoms with Gasteiger partial charge in [-0.05, 0) is 23.3 Å². The van der Waals surface area contributed by atoms with Crippen LogP contribution in [-0.2, 0) is 9.98 Å². The van der Waals surface area contributed by atoms with Gasteiger partial charge in [-0.15, -0.1) is 0 Å². The highest BCUT2D eigenvalue weighted by atomic mass is 31.2. The van der Waals surface area contributed by atoms with Crippen LogP contribution in [0.1, 0.15) is 31.9 Å². The summed E-state index contributed by atoms with van der Waals surface area (Å²) in [6.07, 6.45) is 0.101. The molecule has 0 saturated carbocycles. The highest BCUT2D eigenvalue weighted by Gasteiger charge is 2.23. The maximum absolute atomic E-state index is 11.6. The predicted molar refractivity (Wildman–Crippen MR) is 86.0 cm³/mol. The van der Waals surface area contributed by atoms with Gasteiger partial charge >= 0.3 is 7.60 Å². The van der Waals surface area contributed by atoms with Gasteiger partial charge in [-0.2, -0.15) is 0 Å². The summed E-state index contributed by atoms with van der Waals surface area (Å²) >= 11 is 0. The van der Waals surface area contributed by atoms with Crippen molar-refractivity contribution in [3.05, 3.63) is 65.7 Å². The summed E-state index contributed by atoms with van der Waals surface area (Å²) in [4.78, 5) is 9.52. The zero-order chi connectivity index (χ0) is 15.5. The van der Waals surface area contributed by atoms with Crippen LogP contribution in [0, 0.1) is 0 Å². The second kappa shape index (κ2) is 6.05. The Balaban J connectivity index is 2.25. The molecule has 0 aromatic heterocycles. The van der Waals surface area contributed by atoms with Gasteiger partial charge in [-0.1, -0.05) is 63.2 Å². The molecule has 0 heterocycles. The summed E-state index contributed by atoms with van der Waals surface area (Å²) < 4.78 is 16.7. The van der Waals surface area contributed by atoms with Gasteiger partial charge in [0.2, 0.25) is 0 Å². The monoisotopic (exact) mass is 304 g/mol. The summed E-state index contributed by atoms with van der Waals surface area (Å²) in [6.45, 7) is 5.94. The number of benzene rings is 2. The van der Waals surface area contributed by atoms with Crippen LogP contribution in [0.5, 0.6) is 5.75 Å². The molecule has 1 atom stereocenters. The summed E-state index contributed by atoms with van der Waals surface area (Å²) in [5, 5.41) is 0. The van der Waals surface area contributed by atoms with Gasteiger partial charge in [-0.25, -0.2) is 4.57 Å². The van der Waals surface area contributed by atoms with Gasteiger partial charge in [0.1, 0.15) is 5.75 Å². The van der Waals surface area contributed by atoms with Gasteiger partial charge < -0.3 is 9.42 Å². The third-order valence-electron chi connectivity index (χ3n) is 3.72. The maximum atomic E-state index is 11.6. The molecule has 1 unspecified atom stereocenters. The van der Waals surface area contributed by atoms with E-state index in [-0.39, 0.29) is 11.6 Å². The Morgan fingerprint density at radius 2 is 1.52 bits per heavy atom. The van der Waals surface area contributed by atoms with E-state index in [1.807, 2.05) is 30.3 Å². The summed E-state index contributed by atoms with van der Waals surface area (Å²) in [5.74, 6) is 0.426. The third kappa shape index (κ3) is 3.75. The quantitative estimate of drug-likeness (QED) is 0.821. The van der Waals surface area contributed by atoms with Crippen LogP contribution in [0.25, 0.3) is 0 Å². The molecule has 0 amide bonds. The fraction of sp³-hybridized carbons (Fsp3) is 0.294. The second-order valence-corrected chi connectivity index (χ2v) is 7.65. The Bertz CT molecular complexity index is 633. The lowest BCUT2D eigenvalue weighted by Crippen LogP contribution is -2.18. The molecule has 1 N–H and O–H groups in total. The molecule has 2 rings (SSSR count). The SMILES string of the molecule is CCP(=O)(O)Oc1ccc(C(C)(C)c2ccccc2)cc1. The molecular weight excluding hydrogens is 283 g/mol. The van der Waals surface area contributed by atoms with Crippen LogP contribution >= 0.6 is 7.60 Å². The normalized spacial score (nSPS) is 14.5. The Morgan fingerprint density at radius 3 is 2.05 bits per heavy atom. The Morgan fingerprint density at radius 1 is 1.00 bits per heavy atom. The van der Waals surface area contributed by atoms with E-state index in [4.69, 9.17) is 4.52 Å². The minimum atomic E-state index is -3.51. The molecule has 2 aromatic carbocycles.